The summed E-state index contributed by atoms with van der Waals surface area (Å²) in [7, 11) is -3.30. The van der Waals surface area contributed by atoms with Crippen molar-refractivity contribution in [3.8, 4) is 0 Å². The molecule has 0 aliphatic carbocycles. The maximum Gasteiger partial charge on any atom is 0.215 e. The number of anilines is 1. The van der Waals surface area contributed by atoms with E-state index in [1.165, 1.54) is 22.8 Å². The molecule has 0 aliphatic heterocycles. The van der Waals surface area contributed by atoms with E-state index < -0.39 is 10.0 Å². The standard InChI is InChI=1S/C14H19FN4O2S/c1-3-19(4-2)22(20,21)8-7-16-14-12-9-11(15)5-6-13(12)17-10-18-14/h5-6,9-10H,3-4,7-8H2,1-2H3,(H,16,17,18). The highest BCUT2D eigenvalue weighted by Gasteiger charge is 2.18. The number of nitrogens with one attached hydrogen (secondary N) is 1. The molecule has 8 heteroatoms. The molecule has 22 heavy (non-hydrogen) atoms. The third-order valence-electron chi connectivity index (χ3n) is 3.35. The molecule has 1 aromatic carbocycles. The molecule has 2 aromatic rings. The molecule has 120 valence electrons. The maximum atomic E-state index is 13.3. The fourth-order valence-electron chi connectivity index (χ4n) is 2.21. The summed E-state index contributed by atoms with van der Waals surface area (Å²) in [6, 6.07) is 4.21. The Morgan fingerprint density at radius 1 is 1.23 bits per heavy atom. The molecule has 0 radical (unpaired) electrons. The highest BCUT2D eigenvalue weighted by molar-refractivity contribution is 7.89. The first-order valence-electron chi connectivity index (χ1n) is 7.10. The molecular formula is C14H19FN4O2S. The summed E-state index contributed by atoms with van der Waals surface area (Å²) in [4.78, 5) is 8.11. The van der Waals surface area contributed by atoms with Crippen LogP contribution in [0.4, 0.5) is 10.2 Å². The van der Waals surface area contributed by atoms with Crippen LogP contribution in [-0.4, -0.2) is 48.1 Å². The second-order valence-corrected chi connectivity index (χ2v) is 6.80. The minimum Gasteiger partial charge on any atom is -0.368 e. The molecule has 0 amide bonds. The lowest BCUT2D eigenvalue weighted by atomic mass is 10.2. The number of aromatic nitrogens is 2. The fraction of sp³-hybridized carbons (Fsp3) is 0.429. The zero-order valence-corrected chi connectivity index (χ0v) is 13.4. The van der Waals surface area contributed by atoms with Crippen molar-refractivity contribution in [3.05, 3.63) is 30.3 Å². The van der Waals surface area contributed by atoms with Gasteiger partial charge in [-0.05, 0) is 18.2 Å². The van der Waals surface area contributed by atoms with E-state index in [-0.39, 0.29) is 18.1 Å². The maximum absolute atomic E-state index is 13.3. The van der Waals surface area contributed by atoms with E-state index in [0.717, 1.165) is 0 Å². The monoisotopic (exact) mass is 326 g/mol. The molecule has 1 aromatic heterocycles. The first-order valence-corrected chi connectivity index (χ1v) is 8.70. The number of nitrogens with zero attached hydrogens (tertiary/aromatic N) is 3. The number of benzene rings is 1. The summed E-state index contributed by atoms with van der Waals surface area (Å²) < 4.78 is 38.9. The van der Waals surface area contributed by atoms with Crippen LogP contribution in [0.3, 0.4) is 0 Å². The molecule has 1 heterocycles. The topological polar surface area (TPSA) is 75.2 Å². The van der Waals surface area contributed by atoms with Crippen LogP contribution >= 0.6 is 0 Å². The van der Waals surface area contributed by atoms with Gasteiger partial charge in [-0.1, -0.05) is 13.8 Å². The zero-order chi connectivity index (χ0) is 16.2. The molecule has 0 saturated heterocycles. The Hall–Kier alpha value is -1.80. The van der Waals surface area contributed by atoms with Crippen molar-refractivity contribution in [1.29, 1.82) is 0 Å². The molecule has 6 nitrogen and oxygen atoms in total. The van der Waals surface area contributed by atoms with E-state index in [4.69, 9.17) is 0 Å². The Bertz CT molecular complexity index is 748. The largest absolute Gasteiger partial charge is 0.368 e. The van der Waals surface area contributed by atoms with Crippen molar-refractivity contribution >= 4 is 26.7 Å². The molecule has 0 unspecified atom stereocenters. The van der Waals surface area contributed by atoms with E-state index in [2.05, 4.69) is 15.3 Å². The van der Waals surface area contributed by atoms with E-state index >= 15 is 0 Å². The van der Waals surface area contributed by atoms with Gasteiger partial charge in [0.25, 0.3) is 0 Å². The van der Waals surface area contributed by atoms with Gasteiger partial charge >= 0.3 is 0 Å². The van der Waals surface area contributed by atoms with Crippen LogP contribution in [0.2, 0.25) is 0 Å². The van der Waals surface area contributed by atoms with Crippen molar-refractivity contribution in [2.45, 2.75) is 13.8 Å². The highest BCUT2D eigenvalue weighted by Crippen LogP contribution is 2.19. The molecule has 2 rings (SSSR count). The molecule has 0 bridgehead atoms. The Balaban J connectivity index is 2.11. The van der Waals surface area contributed by atoms with Crippen LogP contribution in [0, 0.1) is 5.82 Å². The lowest BCUT2D eigenvalue weighted by molar-refractivity contribution is 0.446. The van der Waals surface area contributed by atoms with Crippen LogP contribution in [-0.2, 0) is 10.0 Å². The molecule has 0 atom stereocenters. The van der Waals surface area contributed by atoms with Crippen molar-refractivity contribution < 1.29 is 12.8 Å². The average molecular weight is 326 g/mol. The highest BCUT2D eigenvalue weighted by atomic mass is 32.2. The lowest BCUT2D eigenvalue weighted by Crippen LogP contribution is -2.34. The van der Waals surface area contributed by atoms with Gasteiger partial charge in [0.1, 0.15) is 18.0 Å². The number of hydrogen-bond acceptors (Lipinski definition) is 5. The van der Waals surface area contributed by atoms with E-state index in [9.17, 15) is 12.8 Å². The Morgan fingerprint density at radius 3 is 2.64 bits per heavy atom. The van der Waals surface area contributed by atoms with Crippen molar-refractivity contribution in [2.75, 3.05) is 30.7 Å². The van der Waals surface area contributed by atoms with Gasteiger partial charge < -0.3 is 5.32 Å². The third kappa shape index (κ3) is 3.69. The van der Waals surface area contributed by atoms with Crippen LogP contribution in [0.1, 0.15) is 13.8 Å². The third-order valence-corrected chi connectivity index (χ3v) is 5.37. The normalized spacial score (nSPS) is 12.0. The molecule has 1 N–H and O–H groups in total. The van der Waals surface area contributed by atoms with Gasteiger partial charge in [-0.2, -0.15) is 0 Å². The van der Waals surface area contributed by atoms with Crippen molar-refractivity contribution in [3.63, 3.8) is 0 Å². The van der Waals surface area contributed by atoms with Gasteiger partial charge in [-0.25, -0.2) is 27.1 Å². The lowest BCUT2D eigenvalue weighted by Gasteiger charge is -2.18. The molecule has 0 saturated carbocycles. The zero-order valence-electron chi connectivity index (χ0n) is 12.6. The van der Waals surface area contributed by atoms with Crippen LogP contribution in [0.15, 0.2) is 24.5 Å². The molecular weight excluding hydrogens is 307 g/mol. The smallest absolute Gasteiger partial charge is 0.215 e. The molecule has 0 aliphatic rings. The Morgan fingerprint density at radius 2 is 1.95 bits per heavy atom. The average Bonchev–Trinajstić information content (AvgIpc) is 2.48. The Kier molecular flexibility index (Phi) is 5.25. The number of rotatable bonds is 7. The van der Waals surface area contributed by atoms with E-state index in [1.807, 2.05) is 0 Å². The van der Waals surface area contributed by atoms with Gasteiger partial charge in [-0.3, -0.25) is 0 Å². The van der Waals surface area contributed by atoms with Crippen LogP contribution < -0.4 is 5.32 Å². The van der Waals surface area contributed by atoms with Gasteiger partial charge in [0, 0.05) is 25.0 Å². The number of fused-ring (bicyclic) bond motifs is 1. The van der Waals surface area contributed by atoms with Crippen LogP contribution in [0.5, 0.6) is 0 Å². The number of hydrogen-bond donors (Lipinski definition) is 1. The number of sulfonamides is 1. The summed E-state index contributed by atoms with van der Waals surface area (Å²) in [6.07, 6.45) is 1.36. The van der Waals surface area contributed by atoms with Crippen LogP contribution in [0.25, 0.3) is 10.9 Å². The molecule has 0 spiro atoms. The number of halogens is 1. The summed E-state index contributed by atoms with van der Waals surface area (Å²) >= 11 is 0. The predicted molar refractivity (Wildman–Crippen MR) is 84.7 cm³/mol. The van der Waals surface area contributed by atoms with Gasteiger partial charge in [0.2, 0.25) is 10.0 Å². The summed E-state index contributed by atoms with van der Waals surface area (Å²) in [5, 5.41) is 3.48. The van der Waals surface area contributed by atoms with E-state index in [0.29, 0.717) is 29.8 Å². The van der Waals surface area contributed by atoms with Crippen molar-refractivity contribution in [1.82, 2.24) is 14.3 Å². The minimum absolute atomic E-state index is 0.0461. The van der Waals surface area contributed by atoms with E-state index in [1.54, 1.807) is 19.9 Å². The predicted octanol–water partition coefficient (Wildman–Crippen LogP) is 1.85. The van der Waals surface area contributed by atoms with Gasteiger partial charge in [0.15, 0.2) is 0 Å². The Labute approximate surface area is 129 Å². The first-order chi connectivity index (χ1) is 10.5. The first kappa shape index (κ1) is 16.6. The van der Waals surface area contributed by atoms with Crippen molar-refractivity contribution in [2.24, 2.45) is 0 Å². The minimum atomic E-state index is -3.30. The molecule has 0 fully saturated rings. The second-order valence-electron chi connectivity index (χ2n) is 4.71. The van der Waals surface area contributed by atoms with Gasteiger partial charge in [-0.15, -0.1) is 0 Å². The summed E-state index contributed by atoms with van der Waals surface area (Å²) in [5.41, 5.74) is 0.602. The SMILES string of the molecule is CCN(CC)S(=O)(=O)CCNc1ncnc2ccc(F)cc12. The fourth-order valence-corrected chi connectivity index (χ4v) is 3.62. The van der Waals surface area contributed by atoms with Gasteiger partial charge in [0.05, 0.1) is 11.3 Å². The summed E-state index contributed by atoms with van der Waals surface area (Å²) in [5.74, 6) is -0.00414. The summed E-state index contributed by atoms with van der Waals surface area (Å²) in [6.45, 7) is 4.69. The quantitative estimate of drug-likeness (QED) is 0.840. The second kappa shape index (κ2) is 6.97.